The molecule has 0 aliphatic carbocycles. The molecule has 76 valence electrons. The van der Waals surface area contributed by atoms with Gasteiger partial charge in [-0.15, -0.1) is 0 Å². The molecule has 0 amide bonds. The number of carbonyl (C=O) groups is 1. The first kappa shape index (κ1) is 10.7. The Morgan fingerprint density at radius 2 is 2.43 bits per heavy atom. The predicted octanol–water partition coefficient (Wildman–Crippen LogP) is 1.05. The fraction of sp³-hybridized carbons (Fsp3) is 0.400. The van der Waals surface area contributed by atoms with Crippen LogP contribution in [-0.2, 0) is 0 Å². The molecule has 1 N–H and O–H groups in total. The van der Waals surface area contributed by atoms with E-state index in [1.807, 2.05) is 0 Å². The van der Waals surface area contributed by atoms with Gasteiger partial charge in [0, 0.05) is 19.2 Å². The van der Waals surface area contributed by atoms with E-state index in [-0.39, 0.29) is 12.4 Å². The summed E-state index contributed by atoms with van der Waals surface area (Å²) in [4.78, 5) is 15.1. The molecule has 14 heavy (non-hydrogen) atoms. The van der Waals surface area contributed by atoms with Gasteiger partial charge in [-0.3, -0.25) is 4.79 Å². The van der Waals surface area contributed by atoms with Crippen molar-refractivity contribution >= 4 is 5.78 Å². The first-order valence-corrected chi connectivity index (χ1v) is 4.45. The summed E-state index contributed by atoms with van der Waals surface area (Å²) in [7, 11) is 0. The number of rotatable bonds is 5. The third-order valence-corrected chi connectivity index (χ3v) is 1.69. The summed E-state index contributed by atoms with van der Waals surface area (Å²) < 4.78 is 5.25. The van der Waals surface area contributed by atoms with Crippen LogP contribution in [-0.4, -0.2) is 29.1 Å². The van der Waals surface area contributed by atoms with Crippen LogP contribution in [0.2, 0.25) is 0 Å². The molecule has 0 spiro atoms. The number of aromatic nitrogens is 1. The van der Waals surface area contributed by atoms with E-state index in [9.17, 15) is 4.79 Å². The summed E-state index contributed by atoms with van der Waals surface area (Å²) in [6, 6.07) is 3.36. The van der Waals surface area contributed by atoms with Crippen molar-refractivity contribution in [3.8, 4) is 5.88 Å². The summed E-state index contributed by atoms with van der Waals surface area (Å²) in [5.74, 6) is 0.269. The largest absolute Gasteiger partial charge is 0.477 e. The van der Waals surface area contributed by atoms with Crippen molar-refractivity contribution < 1.29 is 14.6 Å². The number of pyridine rings is 1. The molecular formula is C10H13NO3. The van der Waals surface area contributed by atoms with E-state index in [1.165, 1.54) is 6.92 Å². The summed E-state index contributed by atoms with van der Waals surface area (Å²) in [6.07, 6.45) is 2.11. The summed E-state index contributed by atoms with van der Waals surface area (Å²) in [5, 5.41) is 8.56. The lowest BCUT2D eigenvalue weighted by Gasteiger charge is -2.06. The van der Waals surface area contributed by atoms with Gasteiger partial charge in [-0.25, -0.2) is 4.98 Å². The Bertz CT molecular complexity index is 312. The minimum Gasteiger partial charge on any atom is -0.477 e. The molecule has 0 atom stereocenters. The number of hydrogen-bond acceptors (Lipinski definition) is 4. The molecule has 4 nitrogen and oxygen atoms in total. The van der Waals surface area contributed by atoms with Gasteiger partial charge in [0.2, 0.25) is 5.88 Å². The molecule has 0 saturated heterocycles. The molecule has 0 unspecified atom stereocenters. The molecule has 4 heteroatoms. The van der Waals surface area contributed by atoms with E-state index in [4.69, 9.17) is 9.84 Å². The summed E-state index contributed by atoms with van der Waals surface area (Å²) in [5.41, 5.74) is 0.477. The Hall–Kier alpha value is -1.42. The highest BCUT2D eigenvalue weighted by molar-refractivity contribution is 5.96. The van der Waals surface area contributed by atoms with Gasteiger partial charge in [-0.1, -0.05) is 0 Å². The number of Topliss-reactive ketones (excluding diaryl/α,β-unsaturated/α-hetero) is 1. The SMILES string of the molecule is CC(=O)c1cccnc1OCCCO. The highest BCUT2D eigenvalue weighted by atomic mass is 16.5. The van der Waals surface area contributed by atoms with E-state index < -0.39 is 0 Å². The molecule has 0 aromatic carbocycles. The van der Waals surface area contributed by atoms with E-state index in [0.29, 0.717) is 24.5 Å². The maximum absolute atomic E-state index is 11.1. The zero-order valence-corrected chi connectivity index (χ0v) is 8.06. The number of aliphatic hydroxyl groups is 1. The number of ether oxygens (including phenoxy) is 1. The molecule has 0 radical (unpaired) electrons. The summed E-state index contributed by atoms with van der Waals surface area (Å²) in [6.45, 7) is 1.91. The average molecular weight is 195 g/mol. The standard InChI is InChI=1S/C10H13NO3/c1-8(13)9-4-2-5-11-10(9)14-7-3-6-12/h2,4-5,12H,3,6-7H2,1H3. The van der Waals surface area contributed by atoms with Crippen LogP contribution in [0.25, 0.3) is 0 Å². The van der Waals surface area contributed by atoms with Gasteiger partial charge in [0.1, 0.15) is 0 Å². The predicted molar refractivity (Wildman–Crippen MR) is 51.4 cm³/mol. The molecule has 1 heterocycles. The van der Waals surface area contributed by atoms with Crippen LogP contribution >= 0.6 is 0 Å². The van der Waals surface area contributed by atoms with Gasteiger partial charge in [-0.2, -0.15) is 0 Å². The second kappa shape index (κ2) is 5.34. The third kappa shape index (κ3) is 2.81. The fourth-order valence-electron chi connectivity index (χ4n) is 1.01. The quantitative estimate of drug-likeness (QED) is 0.563. The minimum absolute atomic E-state index is 0.0717. The second-order valence-corrected chi connectivity index (χ2v) is 2.84. The highest BCUT2D eigenvalue weighted by Crippen LogP contribution is 2.14. The number of ketones is 1. The first-order chi connectivity index (χ1) is 6.75. The van der Waals surface area contributed by atoms with Crippen molar-refractivity contribution in [1.29, 1.82) is 0 Å². The smallest absolute Gasteiger partial charge is 0.224 e. The van der Waals surface area contributed by atoms with Crippen molar-refractivity contribution in [3.63, 3.8) is 0 Å². The van der Waals surface area contributed by atoms with Crippen molar-refractivity contribution in [2.45, 2.75) is 13.3 Å². The molecule has 0 aliphatic heterocycles. The van der Waals surface area contributed by atoms with Crippen molar-refractivity contribution in [2.75, 3.05) is 13.2 Å². The maximum atomic E-state index is 11.1. The Morgan fingerprint density at radius 1 is 1.64 bits per heavy atom. The topological polar surface area (TPSA) is 59.4 Å². The van der Waals surface area contributed by atoms with Crippen LogP contribution in [0.5, 0.6) is 5.88 Å². The molecule has 1 rings (SSSR count). The molecule has 1 aromatic heterocycles. The maximum Gasteiger partial charge on any atom is 0.224 e. The lowest BCUT2D eigenvalue weighted by molar-refractivity contribution is 0.101. The van der Waals surface area contributed by atoms with E-state index in [2.05, 4.69) is 4.98 Å². The lowest BCUT2D eigenvalue weighted by atomic mass is 10.2. The summed E-state index contributed by atoms with van der Waals surface area (Å²) >= 11 is 0. The molecule has 0 fully saturated rings. The van der Waals surface area contributed by atoms with Crippen molar-refractivity contribution in [1.82, 2.24) is 4.98 Å². The van der Waals surface area contributed by atoms with Gasteiger partial charge < -0.3 is 9.84 Å². The van der Waals surface area contributed by atoms with E-state index >= 15 is 0 Å². The normalized spacial score (nSPS) is 9.86. The Balaban J connectivity index is 2.69. The number of nitrogens with zero attached hydrogens (tertiary/aromatic N) is 1. The van der Waals surface area contributed by atoms with Crippen LogP contribution in [0.3, 0.4) is 0 Å². The molecule has 1 aromatic rings. The van der Waals surface area contributed by atoms with Crippen LogP contribution < -0.4 is 4.74 Å². The van der Waals surface area contributed by atoms with E-state index in [1.54, 1.807) is 18.3 Å². The average Bonchev–Trinajstić information content (AvgIpc) is 2.19. The van der Waals surface area contributed by atoms with Gasteiger partial charge >= 0.3 is 0 Å². The zero-order chi connectivity index (χ0) is 10.4. The molecular weight excluding hydrogens is 182 g/mol. The van der Waals surface area contributed by atoms with Gasteiger partial charge in [-0.05, 0) is 19.1 Å². The third-order valence-electron chi connectivity index (χ3n) is 1.69. The van der Waals surface area contributed by atoms with Gasteiger partial charge in [0.05, 0.1) is 12.2 Å². The minimum atomic E-state index is -0.0721. The number of hydrogen-bond donors (Lipinski definition) is 1. The molecule has 0 bridgehead atoms. The first-order valence-electron chi connectivity index (χ1n) is 4.45. The second-order valence-electron chi connectivity index (χ2n) is 2.84. The van der Waals surface area contributed by atoms with Crippen LogP contribution in [0.15, 0.2) is 18.3 Å². The number of carbonyl (C=O) groups excluding carboxylic acids is 1. The fourth-order valence-corrected chi connectivity index (χ4v) is 1.01. The lowest BCUT2D eigenvalue weighted by Crippen LogP contribution is -2.05. The van der Waals surface area contributed by atoms with Crippen molar-refractivity contribution in [2.24, 2.45) is 0 Å². The van der Waals surface area contributed by atoms with Crippen LogP contribution in [0.4, 0.5) is 0 Å². The van der Waals surface area contributed by atoms with Crippen LogP contribution in [0, 0.1) is 0 Å². The Labute approximate surface area is 82.5 Å². The Morgan fingerprint density at radius 3 is 3.07 bits per heavy atom. The van der Waals surface area contributed by atoms with Gasteiger partial charge in [0.15, 0.2) is 5.78 Å². The van der Waals surface area contributed by atoms with Crippen LogP contribution in [0.1, 0.15) is 23.7 Å². The highest BCUT2D eigenvalue weighted by Gasteiger charge is 2.08. The van der Waals surface area contributed by atoms with E-state index in [0.717, 1.165) is 0 Å². The Kier molecular flexibility index (Phi) is 4.07. The zero-order valence-electron chi connectivity index (χ0n) is 8.06. The molecule has 0 aliphatic rings. The molecule has 0 saturated carbocycles. The monoisotopic (exact) mass is 195 g/mol. The van der Waals surface area contributed by atoms with Crippen molar-refractivity contribution in [3.05, 3.63) is 23.9 Å². The number of aliphatic hydroxyl groups excluding tert-OH is 1. The van der Waals surface area contributed by atoms with Gasteiger partial charge in [0.25, 0.3) is 0 Å².